The standard InChI is InChI=1S/C11H17ClN2S/c1-4-5-9-10(12)13-7-14-11(9)15-6-8(2)3/h7-8H,4-6H2,1-3H3. The zero-order valence-electron chi connectivity index (χ0n) is 9.46. The van der Waals surface area contributed by atoms with Crippen molar-refractivity contribution < 1.29 is 0 Å². The molecular weight excluding hydrogens is 228 g/mol. The molecule has 0 unspecified atom stereocenters. The molecule has 0 saturated heterocycles. The zero-order chi connectivity index (χ0) is 11.3. The van der Waals surface area contributed by atoms with Crippen LogP contribution in [0.4, 0.5) is 0 Å². The molecule has 1 aromatic rings. The van der Waals surface area contributed by atoms with Gasteiger partial charge in [-0.05, 0) is 12.3 Å². The molecule has 0 atom stereocenters. The average Bonchev–Trinajstić information content (AvgIpc) is 2.19. The lowest BCUT2D eigenvalue weighted by atomic mass is 10.2. The Bertz CT molecular complexity index is 315. The Balaban J connectivity index is 2.80. The van der Waals surface area contributed by atoms with Crippen LogP contribution in [0.1, 0.15) is 32.8 Å². The molecule has 0 fully saturated rings. The molecule has 0 aliphatic heterocycles. The molecule has 0 aromatic carbocycles. The summed E-state index contributed by atoms with van der Waals surface area (Å²) in [6, 6.07) is 0. The van der Waals surface area contributed by atoms with Crippen molar-refractivity contribution >= 4 is 23.4 Å². The van der Waals surface area contributed by atoms with Gasteiger partial charge in [-0.1, -0.05) is 38.8 Å². The first-order valence-electron chi connectivity index (χ1n) is 5.27. The fourth-order valence-electron chi connectivity index (χ4n) is 1.21. The van der Waals surface area contributed by atoms with E-state index in [0.29, 0.717) is 11.1 Å². The van der Waals surface area contributed by atoms with Gasteiger partial charge in [0.25, 0.3) is 0 Å². The Hall–Kier alpha value is -0.280. The molecule has 0 amide bonds. The van der Waals surface area contributed by atoms with Crippen LogP contribution in [0.3, 0.4) is 0 Å². The second-order valence-corrected chi connectivity index (χ2v) is 5.27. The smallest absolute Gasteiger partial charge is 0.136 e. The molecule has 1 rings (SSSR count). The van der Waals surface area contributed by atoms with Crippen molar-refractivity contribution in [3.63, 3.8) is 0 Å². The third kappa shape index (κ3) is 3.99. The number of halogens is 1. The second-order valence-electron chi connectivity index (χ2n) is 3.90. The van der Waals surface area contributed by atoms with Crippen molar-refractivity contribution in [2.45, 2.75) is 38.6 Å². The van der Waals surface area contributed by atoms with Crippen molar-refractivity contribution in [3.05, 3.63) is 17.0 Å². The summed E-state index contributed by atoms with van der Waals surface area (Å²) in [4.78, 5) is 8.32. The van der Waals surface area contributed by atoms with Gasteiger partial charge in [-0.2, -0.15) is 0 Å². The normalized spacial score (nSPS) is 11.0. The van der Waals surface area contributed by atoms with Crippen LogP contribution < -0.4 is 0 Å². The van der Waals surface area contributed by atoms with E-state index in [1.165, 1.54) is 0 Å². The number of hydrogen-bond donors (Lipinski definition) is 0. The Morgan fingerprint density at radius 1 is 1.40 bits per heavy atom. The van der Waals surface area contributed by atoms with E-state index in [9.17, 15) is 0 Å². The zero-order valence-corrected chi connectivity index (χ0v) is 11.0. The van der Waals surface area contributed by atoms with Gasteiger partial charge in [0.15, 0.2) is 0 Å². The number of aromatic nitrogens is 2. The maximum atomic E-state index is 6.06. The van der Waals surface area contributed by atoms with Crippen LogP contribution in [-0.2, 0) is 6.42 Å². The highest BCUT2D eigenvalue weighted by Gasteiger charge is 2.09. The maximum Gasteiger partial charge on any atom is 0.136 e. The van der Waals surface area contributed by atoms with E-state index in [2.05, 4.69) is 30.7 Å². The van der Waals surface area contributed by atoms with Crippen molar-refractivity contribution in [2.24, 2.45) is 5.92 Å². The van der Waals surface area contributed by atoms with Gasteiger partial charge in [-0.25, -0.2) is 9.97 Å². The third-order valence-electron chi connectivity index (χ3n) is 1.91. The number of nitrogens with zero attached hydrogens (tertiary/aromatic N) is 2. The van der Waals surface area contributed by atoms with Crippen LogP contribution in [0.5, 0.6) is 0 Å². The molecule has 4 heteroatoms. The summed E-state index contributed by atoms with van der Waals surface area (Å²) in [5, 5.41) is 1.66. The van der Waals surface area contributed by atoms with Gasteiger partial charge in [0, 0.05) is 11.3 Å². The fourth-order valence-corrected chi connectivity index (χ4v) is 2.48. The first kappa shape index (κ1) is 12.8. The highest BCUT2D eigenvalue weighted by Crippen LogP contribution is 2.27. The minimum Gasteiger partial charge on any atom is -0.230 e. The van der Waals surface area contributed by atoms with E-state index in [1.807, 2.05) is 0 Å². The first-order chi connectivity index (χ1) is 7.15. The summed E-state index contributed by atoms with van der Waals surface area (Å²) in [7, 11) is 0. The topological polar surface area (TPSA) is 25.8 Å². The van der Waals surface area contributed by atoms with Gasteiger partial charge >= 0.3 is 0 Å². The van der Waals surface area contributed by atoms with Crippen LogP contribution in [0.25, 0.3) is 0 Å². The van der Waals surface area contributed by atoms with E-state index < -0.39 is 0 Å². The molecule has 0 aliphatic rings. The van der Waals surface area contributed by atoms with Crippen LogP contribution in [-0.4, -0.2) is 15.7 Å². The van der Waals surface area contributed by atoms with Crippen molar-refractivity contribution in [1.29, 1.82) is 0 Å². The number of rotatable bonds is 5. The van der Waals surface area contributed by atoms with Crippen LogP contribution >= 0.6 is 23.4 Å². The molecule has 0 spiro atoms. The maximum absolute atomic E-state index is 6.06. The Labute approximate surface area is 101 Å². The molecule has 0 bridgehead atoms. The van der Waals surface area contributed by atoms with Crippen molar-refractivity contribution in [1.82, 2.24) is 9.97 Å². The molecule has 1 heterocycles. The average molecular weight is 245 g/mol. The minimum atomic E-state index is 0.609. The van der Waals surface area contributed by atoms with Gasteiger partial charge in [0.05, 0.1) is 0 Å². The monoisotopic (exact) mass is 244 g/mol. The second kappa shape index (κ2) is 6.33. The van der Waals surface area contributed by atoms with Crippen molar-refractivity contribution in [3.8, 4) is 0 Å². The van der Waals surface area contributed by atoms with Gasteiger partial charge in [0.1, 0.15) is 16.5 Å². The summed E-state index contributed by atoms with van der Waals surface area (Å²) in [6.07, 6.45) is 3.58. The lowest BCUT2D eigenvalue weighted by molar-refractivity contribution is 0.748. The lowest BCUT2D eigenvalue weighted by Crippen LogP contribution is -1.98. The summed E-state index contributed by atoms with van der Waals surface area (Å²) < 4.78 is 0. The quantitative estimate of drug-likeness (QED) is 0.582. The van der Waals surface area contributed by atoms with Gasteiger partial charge in [0.2, 0.25) is 0 Å². The molecule has 0 aliphatic carbocycles. The number of hydrogen-bond acceptors (Lipinski definition) is 3. The highest BCUT2D eigenvalue weighted by molar-refractivity contribution is 7.99. The SMILES string of the molecule is CCCc1c(Cl)ncnc1SCC(C)C. The summed E-state index contributed by atoms with van der Waals surface area (Å²) in [6.45, 7) is 6.55. The molecular formula is C11H17ClN2S. The molecule has 0 saturated carbocycles. The molecule has 1 aromatic heterocycles. The highest BCUT2D eigenvalue weighted by atomic mass is 35.5. The van der Waals surface area contributed by atoms with E-state index in [-0.39, 0.29) is 0 Å². The van der Waals surface area contributed by atoms with E-state index in [0.717, 1.165) is 29.2 Å². The predicted molar refractivity (Wildman–Crippen MR) is 66.6 cm³/mol. The van der Waals surface area contributed by atoms with Gasteiger partial charge in [-0.15, -0.1) is 11.8 Å². The summed E-state index contributed by atoms with van der Waals surface area (Å²) in [5.74, 6) is 1.74. The molecule has 0 radical (unpaired) electrons. The van der Waals surface area contributed by atoms with Gasteiger partial charge in [-0.3, -0.25) is 0 Å². The largest absolute Gasteiger partial charge is 0.230 e. The fraction of sp³-hybridized carbons (Fsp3) is 0.636. The van der Waals surface area contributed by atoms with Crippen LogP contribution in [0.15, 0.2) is 11.4 Å². The van der Waals surface area contributed by atoms with Gasteiger partial charge < -0.3 is 0 Å². The molecule has 84 valence electrons. The Kier molecular flexibility index (Phi) is 5.40. The van der Waals surface area contributed by atoms with Crippen LogP contribution in [0, 0.1) is 5.92 Å². The number of thioether (sulfide) groups is 1. The van der Waals surface area contributed by atoms with E-state index in [4.69, 9.17) is 11.6 Å². The molecule has 0 N–H and O–H groups in total. The lowest BCUT2D eigenvalue weighted by Gasteiger charge is -2.09. The van der Waals surface area contributed by atoms with E-state index >= 15 is 0 Å². The first-order valence-corrected chi connectivity index (χ1v) is 6.63. The van der Waals surface area contributed by atoms with Crippen molar-refractivity contribution in [2.75, 3.05) is 5.75 Å². The molecule has 15 heavy (non-hydrogen) atoms. The minimum absolute atomic E-state index is 0.609. The van der Waals surface area contributed by atoms with Crippen LogP contribution in [0.2, 0.25) is 5.15 Å². The summed E-state index contributed by atoms with van der Waals surface area (Å²) >= 11 is 7.83. The molecule has 2 nitrogen and oxygen atoms in total. The van der Waals surface area contributed by atoms with E-state index in [1.54, 1.807) is 18.1 Å². The third-order valence-corrected chi connectivity index (χ3v) is 3.69. The summed E-state index contributed by atoms with van der Waals surface area (Å²) in [5.41, 5.74) is 1.10. The Morgan fingerprint density at radius 2 is 2.13 bits per heavy atom. The predicted octanol–water partition coefficient (Wildman–Crippen LogP) is 3.83. The Morgan fingerprint density at radius 3 is 2.73 bits per heavy atom.